The van der Waals surface area contributed by atoms with E-state index in [1.165, 1.54) is 29.5 Å². The SMILES string of the molecule is [O]c1c(N2CCC(Oc3ccccc3OC(F)(F)C(F)(F)F)CC2)ccc2scnc12. The maximum atomic E-state index is 13.3. The minimum atomic E-state index is -5.85. The fraction of sp³-hybridized carbons (Fsp3) is 0.350. The predicted octanol–water partition coefficient (Wildman–Crippen LogP) is 6.02. The number of ether oxygens (including phenoxy) is 2. The van der Waals surface area contributed by atoms with Gasteiger partial charge in [0.1, 0.15) is 11.6 Å². The molecule has 1 radical (unpaired) electrons. The predicted molar refractivity (Wildman–Crippen MR) is 104 cm³/mol. The summed E-state index contributed by atoms with van der Waals surface area (Å²) in [5, 5.41) is 12.6. The molecule has 4 rings (SSSR count). The lowest BCUT2D eigenvalue weighted by Gasteiger charge is -2.34. The second kappa shape index (κ2) is 8.03. The van der Waals surface area contributed by atoms with Gasteiger partial charge >= 0.3 is 12.3 Å². The topological polar surface area (TPSA) is 54.5 Å². The molecule has 1 aromatic heterocycles. The van der Waals surface area contributed by atoms with Crippen molar-refractivity contribution < 1.29 is 36.5 Å². The van der Waals surface area contributed by atoms with Crippen LogP contribution in [0, 0.1) is 0 Å². The molecule has 0 amide bonds. The Morgan fingerprint density at radius 2 is 1.68 bits per heavy atom. The Morgan fingerprint density at radius 1 is 1.00 bits per heavy atom. The van der Waals surface area contributed by atoms with Crippen molar-refractivity contribution in [1.82, 2.24) is 4.98 Å². The lowest BCUT2D eigenvalue weighted by atomic mass is 10.1. The van der Waals surface area contributed by atoms with Crippen molar-refractivity contribution in [3.63, 3.8) is 0 Å². The van der Waals surface area contributed by atoms with Gasteiger partial charge in [0.15, 0.2) is 11.5 Å². The molecule has 3 aromatic rings. The van der Waals surface area contributed by atoms with Gasteiger partial charge in [0.05, 0.1) is 15.9 Å². The van der Waals surface area contributed by atoms with E-state index in [0.29, 0.717) is 37.1 Å². The zero-order valence-corrected chi connectivity index (χ0v) is 16.7. The molecule has 11 heteroatoms. The van der Waals surface area contributed by atoms with E-state index in [1.54, 1.807) is 11.6 Å². The molecule has 0 N–H and O–H groups in total. The molecule has 0 atom stereocenters. The number of aromatic nitrogens is 1. The summed E-state index contributed by atoms with van der Waals surface area (Å²) < 4.78 is 74.4. The number of thiazole rings is 1. The van der Waals surface area contributed by atoms with Gasteiger partial charge in [-0.3, -0.25) is 5.11 Å². The zero-order chi connectivity index (χ0) is 22.2. The number of benzene rings is 2. The van der Waals surface area contributed by atoms with E-state index >= 15 is 0 Å². The molecule has 1 fully saturated rings. The summed E-state index contributed by atoms with van der Waals surface area (Å²) in [7, 11) is 0. The molecule has 0 aliphatic carbocycles. The molecule has 0 unspecified atom stereocenters. The number of alkyl halides is 5. The maximum Gasteiger partial charge on any atom is 0.499 e. The van der Waals surface area contributed by atoms with E-state index in [2.05, 4.69) is 9.72 Å². The van der Waals surface area contributed by atoms with Crippen LogP contribution in [0.5, 0.6) is 17.2 Å². The first-order valence-electron chi connectivity index (χ1n) is 9.33. The molecule has 0 bridgehead atoms. The highest BCUT2D eigenvalue weighted by Gasteiger charge is 2.61. The number of para-hydroxylation sites is 2. The first kappa shape index (κ1) is 21.4. The summed E-state index contributed by atoms with van der Waals surface area (Å²) in [4.78, 5) is 5.99. The Hall–Kier alpha value is -2.82. The highest BCUT2D eigenvalue weighted by Crippen LogP contribution is 2.41. The molecule has 2 aromatic carbocycles. The molecule has 1 saturated heterocycles. The fourth-order valence-electron chi connectivity index (χ4n) is 3.37. The number of anilines is 1. The van der Waals surface area contributed by atoms with Crippen LogP contribution in [0.4, 0.5) is 27.6 Å². The van der Waals surface area contributed by atoms with Gasteiger partial charge in [-0.25, -0.2) is 4.98 Å². The summed E-state index contributed by atoms with van der Waals surface area (Å²) in [5.41, 5.74) is 2.54. The lowest BCUT2D eigenvalue weighted by Crippen LogP contribution is -2.42. The fourth-order valence-corrected chi connectivity index (χ4v) is 4.04. The Labute approximate surface area is 177 Å². The molecule has 1 aliphatic rings. The maximum absolute atomic E-state index is 13.3. The Kier molecular flexibility index (Phi) is 5.54. The number of hydrogen-bond donors (Lipinski definition) is 0. The normalized spacial score (nSPS) is 16.0. The number of halogens is 5. The van der Waals surface area contributed by atoms with Crippen LogP contribution >= 0.6 is 11.3 Å². The minimum absolute atomic E-state index is 0.161. The van der Waals surface area contributed by atoms with Crippen LogP contribution in [-0.2, 0) is 5.11 Å². The van der Waals surface area contributed by atoms with Gasteiger partial charge in [-0.05, 0) is 24.3 Å². The van der Waals surface area contributed by atoms with Crippen molar-refractivity contribution in [1.29, 1.82) is 0 Å². The van der Waals surface area contributed by atoms with Crippen LogP contribution in [0.25, 0.3) is 10.2 Å². The van der Waals surface area contributed by atoms with Gasteiger partial charge in [0.25, 0.3) is 0 Å². The third kappa shape index (κ3) is 4.32. The highest BCUT2D eigenvalue weighted by molar-refractivity contribution is 7.16. The van der Waals surface area contributed by atoms with Crippen molar-refractivity contribution in [3.8, 4) is 17.2 Å². The second-order valence-corrected chi connectivity index (χ2v) is 7.87. The average Bonchev–Trinajstić information content (AvgIpc) is 3.19. The van der Waals surface area contributed by atoms with Gasteiger partial charge in [0.2, 0.25) is 5.75 Å². The van der Waals surface area contributed by atoms with Crippen LogP contribution in [-0.4, -0.2) is 36.5 Å². The summed E-state index contributed by atoms with van der Waals surface area (Å²) in [6, 6.07) is 8.58. The van der Waals surface area contributed by atoms with Gasteiger partial charge < -0.3 is 14.4 Å². The van der Waals surface area contributed by atoms with Crippen molar-refractivity contribution in [2.45, 2.75) is 31.2 Å². The van der Waals surface area contributed by atoms with E-state index in [0.717, 1.165) is 10.8 Å². The van der Waals surface area contributed by atoms with Crippen molar-refractivity contribution in [3.05, 3.63) is 41.9 Å². The zero-order valence-electron chi connectivity index (χ0n) is 15.9. The number of hydrogen-bond acceptors (Lipinski definition) is 5. The van der Waals surface area contributed by atoms with Crippen LogP contribution < -0.4 is 14.4 Å². The van der Waals surface area contributed by atoms with E-state index in [-0.39, 0.29) is 11.5 Å². The number of rotatable bonds is 5. The van der Waals surface area contributed by atoms with E-state index in [1.807, 2.05) is 11.0 Å². The Morgan fingerprint density at radius 3 is 2.35 bits per heavy atom. The largest absolute Gasteiger partial charge is 0.499 e. The first-order valence-corrected chi connectivity index (χ1v) is 10.2. The van der Waals surface area contributed by atoms with Gasteiger partial charge in [-0.2, -0.15) is 22.0 Å². The molecular formula is C20H16F5N2O3S. The summed E-state index contributed by atoms with van der Waals surface area (Å²) in [6.07, 6.45) is -10.7. The van der Waals surface area contributed by atoms with Crippen molar-refractivity contribution in [2.24, 2.45) is 0 Å². The molecular weight excluding hydrogens is 443 g/mol. The first-order chi connectivity index (χ1) is 14.7. The molecule has 1 aliphatic heterocycles. The summed E-state index contributed by atoms with van der Waals surface area (Å²) in [5.74, 6) is -1.05. The van der Waals surface area contributed by atoms with E-state index < -0.39 is 24.1 Å². The minimum Gasteiger partial charge on any atom is -0.486 e. The Balaban J connectivity index is 1.43. The van der Waals surface area contributed by atoms with Crippen LogP contribution in [0.3, 0.4) is 0 Å². The van der Waals surface area contributed by atoms with E-state index in [9.17, 15) is 27.1 Å². The number of fused-ring (bicyclic) bond motifs is 1. The smallest absolute Gasteiger partial charge is 0.486 e. The molecule has 0 saturated carbocycles. The summed E-state index contributed by atoms with van der Waals surface area (Å²) >= 11 is 1.38. The number of nitrogens with zero attached hydrogens (tertiary/aromatic N) is 2. The van der Waals surface area contributed by atoms with Gasteiger partial charge in [0, 0.05) is 25.9 Å². The lowest BCUT2D eigenvalue weighted by molar-refractivity contribution is -0.360. The van der Waals surface area contributed by atoms with Crippen LogP contribution in [0.15, 0.2) is 41.9 Å². The highest BCUT2D eigenvalue weighted by atomic mass is 32.1. The van der Waals surface area contributed by atoms with Gasteiger partial charge in [-0.1, -0.05) is 12.1 Å². The molecule has 0 spiro atoms. The monoisotopic (exact) mass is 459 g/mol. The van der Waals surface area contributed by atoms with E-state index in [4.69, 9.17) is 4.74 Å². The third-order valence-corrected chi connectivity index (χ3v) is 5.72. The molecule has 5 nitrogen and oxygen atoms in total. The van der Waals surface area contributed by atoms with Crippen molar-refractivity contribution in [2.75, 3.05) is 18.0 Å². The van der Waals surface area contributed by atoms with Crippen molar-refractivity contribution >= 4 is 27.2 Å². The Bertz CT molecular complexity index is 1060. The number of piperidine rings is 1. The average molecular weight is 459 g/mol. The van der Waals surface area contributed by atoms with Crippen LogP contribution in [0.2, 0.25) is 0 Å². The van der Waals surface area contributed by atoms with Gasteiger partial charge in [-0.15, -0.1) is 11.3 Å². The molecule has 2 heterocycles. The standard InChI is InChI=1S/C20H16F5N2O3S/c21-19(22,23)20(24,25)30-15-4-2-1-3-14(15)29-12-7-9-27(10-8-12)13-5-6-16-17(18(13)28)26-11-31-16/h1-6,11-12H,7-10H2. The summed E-state index contributed by atoms with van der Waals surface area (Å²) in [6.45, 7) is 0.911. The van der Waals surface area contributed by atoms with Crippen LogP contribution in [0.1, 0.15) is 12.8 Å². The molecule has 31 heavy (non-hydrogen) atoms. The second-order valence-electron chi connectivity index (χ2n) is 6.98. The third-order valence-electron chi connectivity index (χ3n) is 4.93. The molecule has 165 valence electrons. The quantitative estimate of drug-likeness (QED) is 0.438.